The third kappa shape index (κ3) is 3.13. The molecule has 5 heteroatoms. The Bertz CT molecular complexity index is 576. The highest BCUT2D eigenvalue weighted by atomic mass is 16.2. The van der Waals surface area contributed by atoms with Crippen molar-refractivity contribution in [2.24, 2.45) is 7.05 Å². The highest BCUT2D eigenvalue weighted by Crippen LogP contribution is 2.11. The molecular weight excluding hydrogens is 240 g/mol. The van der Waals surface area contributed by atoms with Crippen LogP contribution in [0.4, 0.5) is 5.69 Å². The zero-order chi connectivity index (χ0) is 13.8. The molecule has 0 spiro atoms. The molecule has 19 heavy (non-hydrogen) atoms. The molecule has 0 aliphatic carbocycles. The van der Waals surface area contributed by atoms with Crippen LogP contribution in [-0.2, 0) is 13.6 Å². The van der Waals surface area contributed by atoms with Gasteiger partial charge in [-0.05, 0) is 30.7 Å². The van der Waals surface area contributed by atoms with E-state index in [0.717, 1.165) is 5.56 Å². The third-order valence-corrected chi connectivity index (χ3v) is 2.93. The van der Waals surface area contributed by atoms with Gasteiger partial charge in [0.05, 0.1) is 0 Å². The molecule has 0 aliphatic heterocycles. The van der Waals surface area contributed by atoms with Crippen molar-refractivity contribution in [3.8, 4) is 0 Å². The van der Waals surface area contributed by atoms with Crippen molar-refractivity contribution in [3.63, 3.8) is 0 Å². The molecule has 5 nitrogen and oxygen atoms in total. The Morgan fingerprint density at radius 3 is 2.79 bits per heavy atom. The van der Waals surface area contributed by atoms with Crippen LogP contribution in [0.15, 0.2) is 36.5 Å². The number of aromatic nitrogens is 2. The van der Waals surface area contributed by atoms with Gasteiger partial charge in [0.1, 0.15) is 5.69 Å². The fourth-order valence-electron chi connectivity index (χ4n) is 1.93. The van der Waals surface area contributed by atoms with E-state index in [2.05, 4.69) is 5.10 Å². The largest absolute Gasteiger partial charge is 0.399 e. The smallest absolute Gasteiger partial charge is 0.274 e. The van der Waals surface area contributed by atoms with E-state index in [1.165, 1.54) is 0 Å². The van der Waals surface area contributed by atoms with Gasteiger partial charge in [-0.25, -0.2) is 0 Å². The van der Waals surface area contributed by atoms with Crippen LogP contribution in [0.2, 0.25) is 0 Å². The van der Waals surface area contributed by atoms with Crippen molar-refractivity contribution in [2.75, 3.05) is 12.3 Å². The van der Waals surface area contributed by atoms with Gasteiger partial charge in [-0.3, -0.25) is 9.48 Å². The molecule has 1 aromatic heterocycles. The molecule has 1 aromatic carbocycles. The number of amides is 1. The number of hydrogen-bond acceptors (Lipinski definition) is 3. The van der Waals surface area contributed by atoms with E-state index >= 15 is 0 Å². The van der Waals surface area contributed by atoms with Crippen LogP contribution < -0.4 is 5.73 Å². The number of nitrogen functional groups attached to an aromatic ring is 1. The average molecular weight is 258 g/mol. The van der Waals surface area contributed by atoms with Gasteiger partial charge in [-0.15, -0.1) is 0 Å². The lowest BCUT2D eigenvalue weighted by atomic mass is 10.2. The van der Waals surface area contributed by atoms with Gasteiger partial charge >= 0.3 is 0 Å². The first kappa shape index (κ1) is 13.1. The summed E-state index contributed by atoms with van der Waals surface area (Å²) in [5.74, 6) is -0.0643. The standard InChI is InChI=1S/C14H18N4O/c1-3-18(10-11-5-4-6-12(15)9-11)14(19)13-7-8-17(2)16-13/h4-9H,3,10,15H2,1-2H3. The second kappa shape index (κ2) is 5.56. The van der Waals surface area contributed by atoms with Gasteiger partial charge in [0, 0.05) is 32.0 Å². The number of benzene rings is 1. The van der Waals surface area contributed by atoms with Crippen LogP contribution in [0.5, 0.6) is 0 Å². The Morgan fingerprint density at radius 2 is 2.21 bits per heavy atom. The molecule has 0 saturated carbocycles. The maximum Gasteiger partial charge on any atom is 0.274 e. The Hall–Kier alpha value is -2.30. The molecule has 0 bridgehead atoms. The van der Waals surface area contributed by atoms with Crippen molar-refractivity contribution < 1.29 is 4.79 Å². The van der Waals surface area contributed by atoms with Gasteiger partial charge in [-0.1, -0.05) is 12.1 Å². The van der Waals surface area contributed by atoms with Crippen LogP contribution >= 0.6 is 0 Å². The predicted octanol–water partition coefficient (Wildman–Crippen LogP) is 1.66. The molecule has 1 amide bonds. The van der Waals surface area contributed by atoms with E-state index in [1.54, 1.807) is 28.9 Å². The maximum atomic E-state index is 12.3. The Kier molecular flexibility index (Phi) is 3.85. The first-order valence-corrected chi connectivity index (χ1v) is 6.23. The van der Waals surface area contributed by atoms with Crippen LogP contribution in [-0.4, -0.2) is 27.1 Å². The molecule has 0 radical (unpaired) electrons. The molecule has 1 heterocycles. The van der Waals surface area contributed by atoms with E-state index in [-0.39, 0.29) is 5.91 Å². The number of nitrogens with two attached hydrogens (primary N) is 1. The predicted molar refractivity (Wildman–Crippen MR) is 74.5 cm³/mol. The molecule has 2 N–H and O–H groups in total. The van der Waals surface area contributed by atoms with Crippen LogP contribution in [0, 0.1) is 0 Å². The van der Waals surface area contributed by atoms with Crippen molar-refractivity contribution in [3.05, 3.63) is 47.8 Å². The van der Waals surface area contributed by atoms with E-state index in [1.807, 2.05) is 31.2 Å². The highest BCUT2D eigenvalue weighted by Gasteiger charge is 2.16. The molecule has 2 aromatic rings. The lowest BCUT2D eigenvalue weighted by Crippen LogP contribution is -2.30. The molecule has 2 rings (SSSR count). The third-order valence-electron chi connectivity index (χ3n) is 2.93. The fourth-order valence-corrected chi connectivity index (χ4v) is 1.93. The molecule has 0 unspecified atom stereocenters. The number of carbonyl (C=O) groups is 1. The molecule has 0 aliphatic rings. The number of anilines is 1. The number of nitrogens with zero attached hydrogens (tertiary/aromatic N) is 3. The Labute approximate surface area is 112 Å². The summed E-state index contributed by atoms with van der Waals surface area (Å²) < 4.78 is 1.63. The quantitative estimate of drug-likeness (QED) is 0.848. The van der Waals surface area contributed by atoms with Gasteiger partial charge in [0.15, 0.2) is 0 Å². The minimum absolute atomic E-state index is 0.0643. The first-order valence-electron chi connectivity index (χ1n) is 6.23. The van der Waals surface area contributed by atoms with Crippen LogP contribution in [0.1, 0.15) is 23.0 Å². The summed E-state index contributed by atoms with van der Waals surface area (Å²) in [6, 6.07) is 9.30. The van der Waals surface area contributed by atoms with Gasteiger partial charge in [0.2, 0.25) is 0 Å². The maximum absolute atomic E-state index is 12.3. The van der Waals surface area contributed by atoms with Gasteiger partial charge in [0.25, 0.3) is 5.91 Å². The zero-order valence-corrected chi connectivity index (χ0v) is 11.2. The number of rotatable bonds is 4. The monoisotopic (exact) mass is 258 g/mol. The molecule has 0 saturated heterocycles. The number of hydrogen-bond donors (Lipinski definition) is 1. The zero-order valence-electron chi connectivity index (χ0n) is 11.2. The Balaban J connectivity index is 2.14. The second-order valence-electron chi connectivity index (χ2n) is 4.44. The minimum Gasteiger partial charge on any atom is -0.399 e. The fraction of sp³-hybridized carbons (Fsp3) is 0.286. The lowest BCUT2D eigenvalue weighted by Gasteiger charge is -2.20. The summed E-state index contributed by atoms with van der Waals surface area (Å²) in [5, 5.41) is 4.14. The van der Waals surface area contributed by atoms with Crippen molar-refractivity contribution >= 4 is 11.6 Å². The van der Waals surface area contributed by atoms with Gasteiger partial charge < -0.3 is 10.6 Å². The molecule has 100 valence electrons. The van der Waals surface area contributed by atoms with Gasteiger partial charge in [-0.2, -0.15) is 5.10 Å². The summed E-state index contributed by atoms with van der Waals surface area (Å²) in [6.07, 6.45) is 1.77. The van der Waals surface area contributed by atoms with Crippen molar-refractivity contribution in [2.45, 2.75) is 13.5 Å². The lowest BCUT2D eigenvalue weighted by molar-refractivity contribution is 0.0746. The van der Waals surface area contributed by atoms with E-state index < -0.39 is 0 Å². The average Bonchev–Trinajstić information content (AvgIpc) is 2.82. The van der Waals surface area contributed by atoms with Crippen LogP contribution in [0.25, 0.3) is 0 Å². The highest BCUT2D eigenvalue weighted by molar-refractivity contribution is 5.92. The first-order chi connectivity index (χ1) is 9.10. The molecule has 0 fully saturated rings. The van der Waals surface area contributed by atoms with Crippen molar-refractivity contribution in [1.29, 1.82) is 0 Å². The van der Waals surface area contributed by atoms with Crippen molar-refractivity contribution in [1.82, 2.24) is 14.7 Å². The summed E-state index contributed by atoms with van der Waals surface area (Å²) in [5.41, 5.74) is 7.94. The van der Waals surface area contributed by atoms with E-state index in [9.17, 15) is 4.79 Å². The SMILES string of the molecule is CCN(Cc1cccc(N)c1)C(=O)c1ccn(C)n1. The summed E-state index contributed by atoms with van der Waals surface area (Å²) in [4.78, 5) is 14.0. The number of carbonyl (C=O) groups excluding carboxylic acids is 1. The summed E-state index contributed by atoms with van der Waals surface area (Å²) in [6.45, 7) is 3.12. The Morgan fingerprint density at radius 1 is 1.42 bits per heavy atom. The minimum atomic E-state index is -0.0643. The normalized spacial score (nSPS) is 10.4. The second-order valence-corrected chi connectivity index (χ2v) is 4.44. The summed E-state index contributed by atoms with van der Waals surface area (Å²) >= 11 is 0. The molecular formula is C14H18N4O. The van der Waals surface area contributed by atoms with Crippen LogP contribution in [0.3, 0.4) is 0 Å². The molecule has 0 atom stereocenters. The topological polar surface area (TPSA) is 64.2 Å². The van der Waals surface area contributed by atoms with E-state index in [0.29, 0.717) is 24.5 Å². The number of aryl methyl sites for hydroxylation is 1. The summed E-state index contributed by atoms with van der Waals surface area (Å²) in [7, 11) is 1.80. The van der Waals surface area contributed by atoms with E-state index in [4.69, 9.17) is 5.73 Å².